The lowest BCUT2D eigenvalue weighted by Crippen LogP contribution is -2.32. The quantitative estimate of drug-likeness (QED) is 0.817. The molecule has 0 spiro atoms. The van der Waals surface area contributed by atoms with Crippen LogP contribution in [0, 0.1) is 5.92 Å². The highest BCUT2D eigenvalue weighted by Gasteiger charge is 2.18. The van der Waals surface area contributed by atoms with Crippen LogP contribution in [0.4, 0.5) is 0 Å². The predicted molar refractivity (Wildman–Crippen MR) is 81.3 cm³/mol. The number of piperidine rings is 1. The van der Waals surface area contributed by atoms with Gasteiger partial charge in [0.2, 0.25) is 5.76 Å². The minimum absolute atomic E-state index is 0.106. The molecule has 0 bridgehead atoms. The molecule has 21 heavy (non-hydrogen) atoms. The van der Waals surface area contributed by atoms with Gasteiger partial charge in [0.25, 0.3) is 0 Å². The highest BCUT2D eigenvalue weighted by atomic mass is 16.5. The van der Waals surface area contributed by atoms with E-state index in [9.17, 15) is 4.79 Å². The maximum absolute atomic E-state index is 11.4. The number of carbonyl (C=O) groups excluding carboxylic acids is 1. The van der Waals surface area contributed by atoms with Crippen LogP contribution in [0.1, 0.15) is 48.5 Å². The van der Waals surface area contributed by atoms with E-state index in [-0.39, 0.29) is 11.8 Å². The Morgan fingerprint density at radius 2 is 2.19 bits per heavy atom. The number of nitrogens with zero attached hydrogens (tertiary/aromatic N) is 1. The van der Waals surface area contributed by atoms with Crippen molar-refractivity contribution in [2.45, 2.75) is 32.2 Å². The lowest BCUT2D eigenvalue weighted by molar-refractivity contribution is 0.0562. The van der Waals surface area contributed by atoms with Gasteiger partial charge in [-0.05, 0) is 70.9 Å². The first-order valence-corrected chi connectivity index (χ1v) is 7.70. The van der Waals surface area contributed by atoms with Gasteiger partial charge in [-0.15, -0.1) is 0 Å². The maximum atomic E-state index is 11.4. The number of rotatable bonds is 6. The Morgan fingerprint density at radius 1 is 1.48 bits per heavy atom. The van der Waals surface area contributed by atoms with Crippen molar-refractivity contribution in [1.82, 2.24) is 10.2 Å². The van der Waals surface area contributed by atoms with Crippen LogP contribution in [-0.2, 0) is 4.74 Å². The molecule has 0 radical (unpaired) electrons. The van der Waals surface area contributed by atoms with E-state index in [1.54, 1.807) is 6.07 Å². The Bertz CT molecular complexity index is 450. The molecule has 5 heteroatoms. The van der Waals surface area contributed by atoms with Crippen LogP contribution in [-0.4, -0.2) is 44.7 Å². The van der Waals surface area contributed by atoms with Crippen molar-refractivity contribution in [2.75, 3.05) is 33.8 Å². The fraction of sp³-hybridized carbons (Fsp3) is 0.688. The normalized spacial score (nSPS) is 18.6. The molecular formula is C16H26N2O3. The van der Waals surface area contributed by atoms with Gasteiger partial charge < -0.3 is 19.4 Å². The molecule has 0 aromatic carbocycles. The number of esters is 1. The van der Waals surface area contributed by atoms with Gasteiger partial charge in [-0.1, -0.05) is 0 Å². The van der Waals surface area contributed by atoms with Crippen LogP contribution in [0.2, 0.25) is 0 Å². The van der Waals surface area contributed by atoms with E-state index in [0.29, 0.717) is 0 Å². The van der Waals surface area contributed by atoms with E-state index in [4.69, 9.17) is 4.42 Å². The summed E-state index contributed by atoms with van der Waals surface area (Å²) in [4.78, 5) is 13.7. The molecule has 5 nitrogen and oxygen atoms in total. The summed E-state index contributed by atoms with van der Waals surface area (Å²) < 4.78 is 10.2. The van der Waals surface area contributed by atoms with Gasteiger partial charge >= 0.3 is 5.97 Å². The number of hydrogen-bond donors (Lipinski definition) is 1. The molecule has 2 rings (SSSR count). The molecule has 1 fully saturated rings. The van der Waals surface area contributed by atoms with E-state index in [1.807, 2.05) is 6.07 Å². The average molecular weight is 294 g/mol. The molecule has 118 valence electrons. The van der Waals surface area contributed by atoms with E-state index >= 15 is 0 Å². The lowest BCUT2D eigenvalue weighted by Gasteiger charge is -2.29. The molecule has 1 unspecified atom stereocenters. The third-order valence-electron chi connectivity index (χ3n) is 4.28. The predicted octanol–water partition coefficient (Wildman–Crippen LogP) is 2.45. The molecule has 2 heterocycles. The number of methoxy groups -OCH3 is 1. The van der Waals surface area contributed by atoms with Crippen molar-refractivity contribution in [3.63, 3.8) is 0 Å². The zero-order valence-electron chi connectivity index (χ0n) is 13.2. The second kappa shape index (κ2) is 7.61. The average Bonchev–Trinajstić information content (AvgIpc) is 2.98. The Kier molecular flexibility index (Phi) is 5.82. The van der Waals surface area contributed by atoms with E-state index < -0.39 is 5.97 Å². The van der Waals surface area contributed by atoms with Crippen molar-refractivity contribution in [3.8, 4) is 0 Å². The van der Waals surface area contributed by atoms with Crippen LogP contribution >= 0.6 is 0 Å². The van der Waals surface area contributed by atoms with E-state index in [0.717, 1.165) is 18.2 Å². The number of carbonyl (C=O) groups is 1. The summed E-state index contributed by atoms with van der Waals surface area (Å²) >= 11 is 0. The zero-order valence-corrected chi connectivity index (χ0v) is 13.2. The summed E-state index contributed by atoms with van der Waals surface area (Å²) in [6, 6.07) is 3.60. The van der Waals surface area contributed by atoms with Crippen LogP contribution in [0.25, 0.3) is 0 Å². The summed E-state index contributed by atoms with van der Waals surface area (Å²) in [5.41, 5.74) is 0. The van der Waals surface area contributed by atoms with Gasteiger partial charge in [0.15, 0.2) is 0 Å². The number of nitrogens with one attached hydrogen (secondary N) is 1. The molecule has 0 aliphatic carbocycles. The van der Waals surface area contributed by atoms with Gasteiger partial charge in [0, 0.05) is 0 Å². The molecule has 1 aromatic heterocycles. The highest BCUT2D eigenvalue weighted by Crippen LogP contribution is 2.20. The molecule has 1 aliphatic rings. The Labute approximate surface area is 126 Å². The van der Waals surface area contributed by atoms with E-state index in [1.165, 1.54) is 39.5 Å². The molecule has 1 saturated heterocycles. The first-order chi connectivity index (χ1) is 10.1. The summed E-state index contributed by atoms with van der Waals surface area (Å²) in [6.45, 7) is 5.44. The third kappa shape index (κ3) is 4.58. The molecular weight excluding hydrogens is 268 g/mol. The fourth-order valence-electron chi connectivity index (χ4n) is 2.75. The fourth-order valence-corrected chi connectivity index (χ4v) is 2.75. The van der Waals surface area contributed by atoms with Crippen LogP contribution in [0.15, 0.2) is 16.5 Å². The smallest absolute Gasteiger partial charge is 0.373 e. The third-order valence-corrected chi connectivity index (χ3v) is 4.28. The van der Waals surface area contributed by atoms with Crippen molar-refractivity contribution in [3.05, 3.63) is 23.7 Å². The van der Waals surface area contributed by atoms with Gasteiger partial charge in [0.05, 0.1) is 13.2 Å². The second-order valence-electron chi connectivity index (χ2n) is 5.90. The molecule has 1 atom stereocenters. The Balaban J connectivity index is 1.73. The van der Waals surface area contributed by atoms with E-state index in [2.05, 4.69) is 28.9 Å². The van der Waals surface area contributed by atoms with Crippen molar-refractivity contribution >= 4 is 5.97 Å². The van der Waals surface area contributed by atoms with Crippen LogP contribution in [0.5, 0.6) is 0 Å². The second-order valence-corrected chi connectivity index (χ2v) is 5.90. The summed E-state index contributed by atoms with van der Waals surface area (Å²) in [5, 5.41) is 3.47. The first-order valence-electron chi connectivity index (χ1n) is 7.70. The van der Waals surface area contributed by atoms with Crippen molar-refractivity contribution < 1.29 is 13.9 Å². The number of furan rings is 1. The SMILES string of the molecule is COC(=O)c1ccc(C(C)NCCC2CCN(C)CC2)o1. The summed E-state index contributed by atoms with van der Waals surface area (Å²) in [5.74, 6) is 1.43. The summed E-state index contributed by atoms with van der Waals surface area (Å²) in [7, 11) is 3.54. The Hall–Kier alpha value is -1.33. The van der Waals surface area contributed by atoms with Crippen LogP contribution in [0.3, 0.4) is 0 Å². The van der Waals surface area contributed by atoms with Gasteiger partial charge in [-0.25, -0.2) is 4.79 Å². The minimum atomic E-state index is -0.431. The molecule has 1 aliphatic heterocycles. The minimum Gasteiger partial charge on any atom is -0.463 e. The maximum Gasteiger partial charge on any atom is 0.373 e. The largest absolute Gasteiger partial charge is 0.463 e. The Morgan fingerprint density at radius 3 is 2.86 bits per heavy atom. The molecule has 1 N–H and O–H groups in total. The number of ether oxygens (including phenoxy) is 1. The van der Waals surface area contributed by atoms with Crippen molar-refractivity contribution in [1.29, 1.82) is 0 Å². The molecule has 0 amide bonds. The topological polar surface area (TPSA) is 54.7 Å². The summed E-state index contributed by atoms with van der Waals surface area (Å²) in [6.07, 6.45) is 3.78. The number of likely N-dealkylation sites (tertiary alicyclic amines) is 1. The standard InChI is InChI=1S/C16H26N2O3/c1-12(14-4-5-15(21-14)16(19)20-3)17-9-6-13-7-10-18(2)11-8-13/h4-5,12-13,17H,6-11H2,1-3H3. The van der Waals surface area contributed by atoms with Gasteiger partial charge in [-0.2, -0.15) is 0 Å². The number of hydrogen-bond acceptors (Lipinski definition) is 5. The van der Waals surface area contributed by atoms with Gasteiger partial charge in [0.1, 0.15) is 5.76 Å². The van der Waals surface area contributed by atoms with Crippen molar-refractivity contribution in [2.24, 2.45) is 5.92 Å². The molecule has 1 aromatic rings. The molecule has 0 saturated carbocycles. The lowest BCUT2D eigenvalue weighted by atomic mass is 9.94. The first kappa shape index (κ1) is 16.0. The monoisotopic (exact) mass is 294 g/mol. The van der Waals surface area contributed by atoms with Gasteiger partial charge in [-0.3, -0.25) is 0 Å². The van der Waals surface area contributed by atoms with Crippen LogP contribution < -0.4 is 5.32 Å². The zero-order chi connectivity index (χ0) is 15.2. The highest BCUT2D eigenvalue weighted by molar-refractivity contribution is 5.86.